The number of imide groups is 1. The highest BCUT2D eigenvalue weighted by Gasteiger charge is 2.35. The molecule has 0 unspecified atom stereocenters. The lowest BCUT2D eigenvalue weighted by molar-refractivity contribution is -0.137. The molecule has 3 amide bonds. The van der Waals surface area contributed by atoms with Gasteiger partial charge in [0.05, 0.1) is 5.75 Å². The molecule has 28 heavy (non-hydrogen) atoms. The fourth-order valence-electron chi connectivity index (χ4n) is 3.77. The van der Waals surface area contributed by atoms with Gasteiger partial charge in [-0.25, -0.2) is 0 Å². The molecule has 1 atom stereocenters. The summed E-state index contributed by atoms with van der Waals surface area (Å²) in [5.74, 6) is -0.746. The van der Waals surface area contributed by atoms with Gasteiger partial charge in [-0.15, -0.1) is 0 Å². The largest absolute Gasteiger partial charge is 0.340 e. The molecule has 144 valence electrons. The molecule has 2 aromatic carbocycles. The Kier molecular flexibility index (Phi) is 5.17. The van der Waals surface area contributed by atoms with Gasteiger partial charge in [0.15, 0.2) is 5.78 Å². The Morgan fingerprint density at radius 1 is 1.07 bits per heavy atom. The topological polar surface area (TPSA) is 74.8 Å². The fourth-order valence-corrected chi connectivity index (χ4v) is 4.49. The number of likely N-dealkylation sites (tertiary alicyclic amines) is 1. The number of thioether (sulfide) groups is 1. The maximum Gasteiger partial charge on any atom is 0.289 e. The highest BCUT2D eigenvalue weighted by atomic mass is 32.2. The molecule has 4 rings (SSSR count). The minimum Gasteiger partial charge on any atom is -0.340 e. The van der Waals surface area contributed by atoms with Gasteiger partial charge >= 0.3 is 0 Å². The van der Waals surface area contributed by atoms with E-state index in [2.05, 4.69) is 0 Å². The van der Waals surface area contributed by atoms with Crippen LogP contribution in [0.15, 0.2) is 42.5 Å². The van der Waals surface area contributed by atoms with Crippen LogP contribution in [0.25, 0.3) is 10.8 Å². The average Bonchev–Trinajstić information content (AvgIpc) is 3.05. The Morgan fingerprint density at radius 3 is 2.61 bits per heavy atom. The van der Waals surface area contributed by atoms with Crippen LogP contribution in [0.2, 0.25) is 0 Å². The van der Waals surface area contributed by atoms with Gasteiger partial charge in [-0.1, -0.05) is 48.2 Å². The van der Waals surface area contributed by atoms with Crippen molar-refractivity contribution in [1.29, 1.82) is 0 Å². The zero-order valence-corrected chi connectivity index (χ0v) is 16.1. The van der Waals surface area contributed by atoms with Crippen molar-refractivity contribution >= 4 is 45.4 Å². The number of carbonyl (C=O) groups is 4. The van der Waals surface area contributed by atoms with E-state index in [-0.39, 0.29) is 41.1 Å². The average molecular weight is 396 g/mol. The van der Waals surface area contributed by atoms with Gasteiger partial charge in [-0.2, -0.15) is 0 Å². The van der Waals surface area contributed by atoms with Crippen molar-refractivity contribution in [3.05, 3.63) is 48.0 Å². The summed E-state index contributed by atoms with van der Waals surface area (Å²) in [6, 6.07) is 13.6. The molecular weight excluding hydrogens is 376 g/mol. The first-order valence-corrected chi connectivity index (χ1v) is 10.3. The number of rotatable bonds is 4. The Balaban J connectivity index is 1.45. The molecule has 0 bridgehead atoms. The number of nitrogens with zero attached hydrogens (tertiary/aromatic N) is 2. The molecule has 2 heterocycles. The molecule has 7 heteroatoms. The smallest absolute Gasteiger partial charge is 0.289 e. The zero-order chi connectivity index (χ0) is 19.7. The number of piperidine rings is 1. The minimum atomic E-state index is -0.376. The summed E-state index contributed by atoms with van der Waals surface area (Å²) in [7, 11) is 0. The van der Waals surface area contributed by atoms with Crippen LogP contribution in [-0.4, -0.2) is 58.0 Å². The number of benzene rings is 2. The summed E-state index contributed by atoms with van der Waals surface area (Å²) in [5.41, 5.74) is 0.652. The van der Waals surface area contributed by atoms with E-state index >= 15 is 0 Å². The molecule has 0 radical (unpaired) electrons. The summed E-state index contributed by atoms with van der Waals surface area (Å²) in [6.07, 6.45) is 1.46. The molecule has 2 aromatic rings. The maximum absolute atomic E-state index is 13.0. The van der Waals surface area contributed by atoms with Crippen LogP contribution in [0.3, 0.4) is 0 Å². The van der Waals surface area contributed by atoms with Gasteiger partial charge in [0.2, 0.25) is 11.8 Å². The van der Waals surface area contributed by atoms with Crippen molar-refractivity contribution < 1.29 is 19.2 Å². The van der Waals surface area contributed by atoms with Crippen LogP contribution in [0.4, 0.5) is 4.79 Å². The lowest BCUT2D eigenvalue weighted by Gasteiger charge is -2.32. The third kappa shape index (κ3) is 3.67. The second kappa shape index (κ2) is 7.75. The quantitative estimate of drug-likeness (QED) is 0.743. The van der Waals surface area contributed by atoms with E-state index < -0.39 is 0 Å². The van der Waals surface area contributed by atoms with Gasteiger partial charge in [-0.05, 0) is 29.7 Å². The predicted molar refractivity (Wildman–Crippen MR) is 107 cm³/mol. The second-order valence-corrected chi connectivity index (χ2v) is 8.07. The van der Waals surface area contributed by atoms with E-state index in [9.17, 15) is 19.2 Å². The van der Waals surface area contributed by atoms with Crippen LogP contribution in [0.5, 0.6) is 0 Å². The first kappa shape index (κ1) is 18.7. The van der Waals surface area contributed by atoms with Gasteiger partial charge in [-0.3, -0.25) is 24.1 Å². The molecule has 0 spiro atoms. The first-order valence-electron chi connectivity index (χ1n) is 9.31. The summed E-state index contributed by atoms with van der Waals surface area (Å²) < 4.78 is 0. The highest BCUT2D eigenvalue weighted by Crippen LogP contribution is 2.24. The number of amides is 3. The lowest BCUT2D eigenvalue weighted by atomic mass is 9.89. The standard InChI is InChI=1S/C21H20N2O4S/c24-18(12-23-19(25)13-28-21(23)27)22-9-3-6-17(11-22)20(26)16-8-7-14-4-1-2-5-15(14)10-16/h1-2,4-5,7-8,10,17H,3,6,9,11-13H2/t17-/m1/s1. The first-order chi connectivity index (χ1) is 13.5. The fraction of sp³-hybridized carbons (Fsp3) is 0.333. The number of ketones is 1. The van der Waals surface area contributed by atoms with Crippen molar-refractivity contribution in [2.45, 2.75) is 12.8 Å². The van der Waals surface area contributed by atoms with Crippen molar-refractivity contribution in [3.63, 3.8) is 0 Å². The van der Waals surface area contributed by atoms with Crippen LogP contribution in [-0.2, 0) is 9.59 Å². The molecule has 6 nitrogen and oxygen atoms in total. The maximum atomic E-state index is 13.0. The molecule has 0 aromatic heterocycles. The van der Waals surface area contributed by atoms with Gasteiger partial charge in [0, 0.05) is 24.6 Å². The van der Waals surface area contributed by atoms with Crippen LogP contribution in [0.1, 0.15) is 23.2 Å². The number of hydrogen-bond acceptors (Lipinski definition) is 5. The second-order valence-electron chi connectivity index (χ2n) is 7.14. The number of carbonyl (C=O) groups excluding carboxylic acids is 4. The molecule has 2 fully saturated rings. The third-order valence-corrected chi connectivity index (χ3v) is 6.17. The van der Waals surface area contributed by atoms with E-state index in [1.54, 1.807) is 4.90 Å². The van der Waals surface area contributed by atoms with Gasteiger partial charge < -0.3 is 4.90 Å². The Bertz CT molecular complexity index is 958. The molecule has 0 N–H and O–H groups in total. The van der Waals surface area contributed by atoms with E-state index in [1.807, 2.05) is 42.5 Å². The number of fused-ring (bicyclic) bond motifs is 1. The normalized spacial score (nSPS) is 20.1. The van der Waals surface area contributed by atoms with E-state index in [4.69, 9.17) is 0 Å². The van der Waals surface area contributed by atoms with Gasteiger partial charge in [0.25, 0.3) is 5.24 Å². The SMILES string of the molecule is O=C(c1ccc2ccccc2c1)[C@@H]1CCCN(C(=O)CN2C(=O)CSC2=O)C1. The van der Waals surface area contributed by atoms with Gasteiger partial charge in [0.1, 0.15) is 6.54 Å². The Morgan fingerprint density at radius 2 is 1.86 bits per heavy atom. The molecule has 0 aliphatic carbocycles. The number of Topliss-reactive ketones (excluding diaryl/α,β-unsaturated/α-hetero) is 1. The molecular formula is C21H20N2O4S. The Hall–Kier alpha value is -2.67. The molecule has 2 aliphatic rings. The van der Waals surface area contributed by atoms with Crippen molar-refractivity contribution in [2.75, 3.05) is 25.4 Å². The zero-order valence-electron chi connectivity index (χ0n) is 15.3. The molecule has 2 aliphatic heterocycles. The molecule has 0 saturated carbocycles. The summed E-state index contributed by atoms with van der Waals surface area (Å²) in [6.45, 7) is 0.638. The molecule has 2 saturated heterocycles. The number of hydrogen-bond donors (Lipinski definition) is 0. The summed E-state index contributed by atoms with van der Waals surface area (Å²) >= 11 is 0.918. The predicted octanol–water partition coefficient (Wildman–Crippen LogP) is 2.96. The van der Waals surface area contributed by atoms with Crippen LogP contribution >= 0.6 is 11.8 Å². The van der Waals surface area contributed by atoms with Crippen LogP contribution in [0, 0.1) is 5.92 Å². The summed E-state index contributed by atoms with van der Waals surface area (Å²) in [4.78, 5) is 51.6. The monoisotopic (exact) mass is 396 g/mol. The Labute approximate surface area is 166 Å². The van der Waals surface area contributed by atoms with Crippen molar-refractivity contribution in [1.82, 2.24) is 9.80 Å². The lowest BCUT2D eigenvalue weighted by Crippen LogP contribution is -2.47. The minimum absolute atomic E-state index is 0.0344. The highest BCUT2D eigenvalue weighted by molar-refractivity contribution is 8.14. The van der Waals surface area contributed by atoms with E-state index in [0.29, 0.717) is 18.7 Å². The van der Waals surface area contributed by atoms with E-state index in [1.165, 1.54) is 0 Å². The van der Waals surface area contributed by atoms with Crippen molar-refractivity contribution in [2.24, 2.45) is 5.92 Å². The van der Waals surface area contributed by atoms with E-state index in [0.717, 1.165) is 40.3 Å². The third-order valence-electron chi connectivity index (χ3n) is 5.31. The van der Waals surface area contributed by atoms with Crippen molar-refractivity contribution in [3.8, 4) is 0 Å². The van der Waals surface area contributed by atoms with Crippen LogP contribution < -0.4 is 0 Å². The summed E-state index contributed by atoms with van der Waals surface area (Å²) in [5, 5.41) is 1.72.